The van der Waals surface area contributed by atoms with Gasteiger partial charge in [-0.1, -0.05) is 6.42 Å². The molecule has 0 atom stereocenters. The Morgan fingerprint density at radius 1 is 1.33 bits per heavy atom. The summed E-state index contributed by atoms with van der Waals surface area (Å²) in [7, 11) is 0. The molecule has 0 aromatic heterocycles. The van der Waals surface area contributed by atoms with E-state index in [-0.39, 0.29) is 12.5 Å². The van der Waals surface area contributed by atoms with Crippen molar-refractivity contribution in [2.45, 2.75) is 25.7 Å². The highest BCUT2D eigenvalue weighted by molar-refractivity contribution is 5.76. The summed E-state index contributed by atoms with van der Waals surface area (Å²) >= 11 is 0. The smallest absolute Gasteiger partial charge is 0.0905 e. The number of amidine groups is 1. The second-order valence-electron chi connectivity index (χ2n) is 2.02. The molecule has 0 aromatic carbocycles. The molecule has 9 heavy (non-hydrogen) atoms. The number of hydrogen-bond donors (Lipinski definition) is 2. The minimum absolute atomic E-state index is 0.203. The molecule has 2 nitrogen and oxygen atoms in total. The molecule has 0 bridgehead atoms. The second-order valence-corrected chi connectivity index (χ2v) is 2.02. The van der Waals surface area contributed by atoms with Gasteiger partial charge in [0.1, 0.15) is 0 Å². The first-order valence-electron chi connectivity index (χ1n) is 3.16. The van der Waals surface area contributed by atoms with E-state index in [1.807, 2.05) is 0 Å². The van der Waals surface area contributed by atoms with E-state index in [1.165, 1.54) is 0 Å². The lowest BCUT2D eigenvalue weighted by atomic mass is 10.2. The van der Waals surface area contributed by atoms with Crippen molar-refractivity contribution in [3.63, 3.8) is 0 Å². The van der Waals surface area contributed by atoms with Crippen LogP contribution in [-0.4, -0.2) is 12.5 Å². The van der Waals surface area contributed by atoms with Crippen LogP contribution in [0.1, 0.15) is 25.7 Å². The van der Waals surface area contributed by atoms with Gasteiger partial charge in [-0.05, 0) is 12.8 Å². The largest absolute Gasteiger partial charge is 0.388 e. The van der Waals surface area contributed by atoms with Gasteiger partial charge >= 0.3 is 0 Å². The molecular weight excluding hydrogens is 119 g/mol. The summed E-state index contributed by atoms with van der Waals surface area (Å²) in [6.45, 7) is -0.252. The minimum atomic E-state index is -0.252. The van der Waals surface area contributed by atoms with Crippen molar-refractivity contribution < 1.29 is 4.39 Å². The van der Waals surface area contributed by atoms with E-state index in [2.05, 4.69) is 0 Å². The van der Waals surface area contributed by atoms with Gasteiger partial charge in [-0.2, -0.15) is 0 Å². The summed E-state index contributed by atoms with van der Waals surface area (Å²) in [6.07, 6.45) is 2.91. The molecule has 0 fully saturated rings. The van der Waals surface area contributed by atoms with Gasteiger partial charge in [0.05, 0.1) is 12.5 Å². The van der Waals surface area contributed by atoms with E-state index >= 15 is 0 Å². The molecule has 0 saturated heterocycles. The number of rotatable bonds is 5. The Balaban J connectivity index is 2.83. The van der Waals surface area contributed by atoms with Crippen LogP contribution >= 0.6 is 0 Å². The average molecular weight is 132 g/mol. The summed E-state index contributed by atoms with van der Waals surface area (Å²) in [4.78, 5) is 0. The first kappa shape index (κ1) is 8.40. The average Bonchev–Trinajstić information content (AvgIpc) is 1.80. The molecule has 0 heterocycles. The molecule has 3 N–H and O–H groups in total. The van der Waals surface area contributed by atoms with Gasteiger partial charge < -0.3 is 5.73 Å². The fraction of sp³-hybridized carbons (Fsp3) is 0.833. The Labute approximate surface area is 54.8 Å². The van der Waals surface area contributed by atoms with Crippen molar-refractivity contribution in [1.82, 2.24) is 0 Å². The molecule has 0 spiro atoms. The Bertz CT molecular complexity index is 83.1. The van der Waals surface area contributed by atoms with Gasteiger partial charge in [0, 0.05) is 6.42 Å². The van der Waals surface area contributed by atoms with Crippen molar-refractivity contribution >= 4 is 5.84 Å². The van der Waals surface area contributed by atoms with Crippen molar-refractivity contribution in [2.75, 3.05) is 6.67 Å². The van der Waals surface area contributed by atoms with Crippen LogP contribution in [0.5, 0.6) is 0 Å². The van der Waals surface area contributed by atoms with E-state index in [1.54, 1.807) is 0 Å². The van der Waals surface area contributed by atoms with Crippen molar-refractivity contribution in [3.05, 3.63) is 0 Å². The highest BCUT2D eigenvalue weighted by Gasteiger charge is 1.89. The van der Waals surface area contributed by atoms with Gasteiger partial charge in [-0.25, -0.2) is 0 Å². The SMILES string of the molecule is N=C(N)CCCCCF. The Morgan fingerprint density at radius 3 is 2.44 bits per heavy atom. The van der Waals surface area contributed by atoms with Crippen molar-refractivity contribution in [3.8, 4) is 0 Å². The standard InChI is InChI=1S/C6H13FN2/c7-5-3-1-2-4-6(8)9/h1-5H2,(H3,8,9). The predicted molar refractivity (Wildman–Crippen MR) is 36.4 cm³/mol. The molecule has 0 rings (SSSR count). The summed E-state index contributed by atoms with van der Waals surface area (Å²) < 4.78 is 11.4. The normalized spacial score (nSPS) is 9.44. The van der Waals surface area contributed by atoms with Crippen molar-refractivity contribution in [1.29, 1.82) is 5.41 Å². The van der Waals surface area contributed by atoms with Crippen LogP contribution in [-0.2, 0) is 0 Å². The van der Waals surface area contributed by atoms with E-state index in [0.29, 0.717) is 12.8 Å². The number of unbranched alkanes of at least 4 members (excludes halogenated alkanes) is 2. The van der Waals surface area contributed by atoms with Gasteiger partial charge in [0.15, 0.2) is 0 Å². The van der Waals surface area contributed by atoms with E-state index in [0.717, 1.165) is 12.8 Å². The fourth-order valence-electron chi connectivity index (χ4n) is 0.587. The monoisotopic (exact) mass is 132 g/mol. The van der Waals surface area contributed by atoms with E-state index in [4.69, 9.17) is 11.1 Å². The summed E-state index contributed by atoms with van der Waals surface area (Å²) in [5, 5.41) is 6.81. The topological polar surface area (TPSA) is 49.9 Å². The van der Waals surface area contributed by atoms with Crippen LogP contribution in [0.2, 0.25) is 0 Å². The number of alkyl halides is 1. The fourth-order valence-corrected chi connectivity index (χ4v) is 0.587. The third-order valence-corrected chi connectivity index (χ3v) is 1.08. The van der Waals surface area contributed by atoms with Crippen LogP contribution in [0.4, 0.5) is 4.39 Å². The Morgan fingerprint density at radius 2 is 2.00 bits per heavy atom. The van der Waals surface area contributed by atoms with Gasteiger partial charge in [-0.3, -0.25) is 9.80 Å². The number of nitrogens with two attached hydrogens (primary N) is 1. The zero-order valence-electron chi connectivity index (χ0n) is 5.49. The molecule has 0 radical (unpaired) electrons. The maximum atomic E-state index is 11.4. The molecule has 0 unspecified atom stereocenters. The highest BCUT2D eigenvalue weighted by atomic mass is 19.1. The lowest BCUT2D eigenvalue weighted by Gasteiger charge is -1.94. The third-order valence-electron chi connectivity index (χ3n) is 1.08. The minimum Gasteiger partial charge on any atom is -0.388 e. The Hall–Kier alpha value is -0.600. The zero-order valence-corrected chi connectivity index (χ0v) is 5.49. The summed E-state index contributed by atoms with van der Waals surface area (Å²) in [5.74, 6) is 0.203. The van der Waals surface area contributed by atoms with Crippen LogP contribution in [0.25, 0.3) is 0 Å². The second kappa shape index (κ2) is 5.54. The maximum Gasteiger partial charge on any atom is 0.0905 e. The lowest BCUT2D eigenvalue weighted by molar-refractivity contribution is 0.458. The molecule has 54 valence electrons. The van der Waals surface area contributed by atoms with Crippen molar-refractivity contribution in [2.24, 2.45) is 5.73 Å². The molecule has 0 aliphatic carbocycles. The summed E-state index contributed by atoms with van der Waals surface area (Å²) in [6, 6.07) is 0. The zero-order chi connectivity index (χ0) is 7.11. The molecule has 0 amide bonds. The molecule has 0 aliphatic rings. The molecule has 0 saturated carbocycles. The van der Waals surface area contributed by atoms with E-state index in [9.17, 15) is 4.39 Å². The van der Waals surface area contributed by atoms with Crippen LogP contribution in [0, 0.1) is 5.41 Å². The van der Waals surface area contributed by atoms with Crippen LogP contribution in [0.3, 0.4) is 0 Å². The molecule has 3 heteroatoms. The predicted octanol–water partition coefficient (Wildman–Crippen LogP) is 1.45. The number of halogens is 1. The Kier molecular flexibility index (Phi) is 5.17. The molecule has 0 aromatic rings. The van der Waals surface area contributed by atoms with Crippen LogP contribution in [0.15, 0.2) is 0 Å². The quantitative estimate of drug-likeness (QED) is 0.332. The highest BCUT2D eigenvalue weighted by Crippen LogP contribution is 1.98. The van der Waals surface area contributed by atoms with E-state index < -0.39 is 0 Å². The lowest BCUT2D eigenvalue weighted by Crippen LogP contribution is -2.08. The molecular formula is C6H13FN2. The number of hydrogen-bond acceptors (Lipinski definition) is 1. The van der Waals surface area contributed by atoms with Gasteiger partial charge in [-0.15, -0.1) is 0 Å². The first-order chi connectivity index (χ1) is 4.27. The van der Waals surface area contributed by atoms with Gasteiger partial charge in [0.25, 0.3) is 0 Å². The first-order valence-corrected chi connectivity index (χ1v) is 3.16. The third kappa shape index (κ3) is 7.40. The summed E-state index contributed by atoms with van der Waals surface area (Å²) in [5.41, 5.74) is 5.06. The number of nitrogens with one attached hydrogen (secondary N) is 1. The van der Waals surface area contributed by atoms with Crippen LogP contribution < -0.4 is 5.73 Å². The van der Waals surface area contributed by atoms with Gasteiger partial charge in [0.2, 0.25) is 0 Å². The maximum absolute atomic E-state index is 11.4. The molecule has 0 aliphatic heterocycles.